The first-order valence-corrected chi connectivity index (χ1v) is 10.6. The fraction of sp³-hybridized carbons (Fsp3) is 0.435. The van der Waals surface area contributed by atoms with E-state index in [1.807, 2.05) is 19.1 Å². The molecule has 7 nitrogen and oxygen atoms in total. The van der Waals surface area contributed by atoms with Gasteiger partial charge in [0, 0.05) is 18.7 Å². The average molecular weight is 412 g/mol. The fourth-order valence-corrected chi connectivity index (χ4v) is 3.80. The number of amides is 3. The molecule has 0 bridgehead atoms. The van der Waals surface area contributed by atoms with Crippen LogP contribution in [0.4, 0.5) is 0 Å². The van der Waals surface area contributed by atoms with E-state index in [0.717, 1.165) is 31.7 Å². The summed E-state index contributed by atoms with van der Waals surface area (Å²) in [5.74, 6) is -0.0985. The standard InChI is InChI=1S/C23H29N3O4/c1-4-7-12-26-22(28)17-11-10-16(14-18(17)23(26)29)21(27)24-15-19(25(5-2)6-3)20-9-8-13-30-20/h8-11,13-14,19H,4-7,12,15H2,1-3H3,(H,24,27). The molecule has 0 aliphatic carbocycles. The number of carbonyl (C=O) groups is 3. The van der Waals surface area contributed by atoms with Crippen LogP contribution < -0.4 is 5.32 Å². The molecule has 0 fully saturated rings. The molecule has 3 rings (SSSR count). The maximum absolute atomic E-state index is 12.8. The van der Waals surface area contributed by atoms with Crippen LogP contribution in [-0.4, -0.2) is 53.7 Å². The molecule has 0 saturated heterocycles. The third kappa shape index (κ3) is 4.31. The van der Waals surface area contributed by atoms with Crippen LogP contribution in [0.1, 0.15) is 76.5 Å². The van der Waals surface area contributed by atoms with Gasteiger partial charge >= 0.3 is 0 Å². The number of furan rings is 1. The average Bonchev–Trinajstić information content (AvgIpc) is 3.37. The van der Waals surface area contributed by atoms with Crippen molar-refractivity contribution in [3.05, 3.63) is 59.0 Å². The van der Waals surface area contributed by atoms with Crippen LogP contribution in [0.3, 0.4) is 0 Å². The van der Waals surface area contributed by atoms with Crippen LogP contribution >= 0.6 is 0 Å². The predicted octanol–water partition coefficient (Wildman–Crippen LogP) is 3.49. The maximum Gasteiger partial charge on any atom is 0.261 e. The van der Waals surface area contributed by atoms with Gasteiger partial charge in [0.25, 0.3) is 17.7 Å². The Kier molecular flexibility index (Phi) is 7.05. The lowest BCUT2D eigenvalue weighted by atomic mass is 10.1. The Morgan fingerprint density at radius 3 is 2.47 bits per heavy atom. The van der Waals surface area contributed by atoms with E-state index in [-0.39, 0.29) is 23.8 Å². The van der Waals surface area contributed by atoms with Crippen LogP contribution in [0.2, 0.25) is 0 Å². The zero-order chi connectivity index (χ0) is 21.7. The summed E-state index contributed by atoms with van der Waals surface area (Å²) >= 11 is 0. The van der Waals surface area contributed by atoms with E-state index >= 15 is 0 Å². The summed E-state index contributed by atoms with van der Waals surface area (Å²) in [6.07, 6.45) is 3.28. The minimum Gasteiger partial charge on any atom is -0.468 e. The molecule has 1 atom stereocenters. The SMILES string of the molecule is CCCCN1C(=O)c2ccc(C(=O)NCC(c3ccco3)N(CC)CC)cc2C1=O. The lowest BCUT2D eigenvalue weighted by Gasteiger charge is -2.28. The summed E-state index contributed by atoms with van der Waals surface area (Å²) in [6.45, 7) is 8.55. The first-order chi connectivity index (χ1) is 14.5. The van der Waals surface area contributed by atoms with Gasteiger partial charge in [-0.25, -0.2) is 0 Å². The van der Waals surface area contributed by atoms with Gasteiger partial charge in [-0.2, -0.15) is 0 Å². The zero-order valence-electron chi connectivity index (χ0n) is 17.8. The Labute approximate surface area is 177 Å². The van der Waals surface area contributed by atoms with E-state index in [4.69, 9.17) is 4.42 Å². The molecule has 0 spiro atoms. The molecular formula is C23H29N3O4. The molecule has 30 heavy (non-hydrogen) atoms. The van der Waals surface area contributed by atoms with E-state index in [2.05, 4.69) is 24.1 Å². The van der Waals surface area contributed by atoms with Gasteiger partial charge in [0.05, 0.1) is 23.4 Å². The predicted molar refractivity (Wildman–Crippen MR) is 113 cm³/mol. The molecule has 2 heterocycles. The summed E-state index contributed by atoms with van der Waals surface area (Å²) in [7, 11) is 0. The highest BCUT2D eigenvalue weighted by molar-refractivity contribution is 6.22. The van der Waals surface area contributed by atoms with Crippen LogP contribution in [0.15, 0.2) is 41.0 Å². The second-order valence-electron chi connectivity index (χ2n) is 7.34. The third-order valence-corrected chi connectivity index (χ3v) is 5.55. The van der Waals surface area contributed by atoms with Gasteiger partial charge in [-0.3, -0.25) is 24.2 Å². The number of nitrogens with zero attached hydrogens (tertiary/aromatic N) is 2. The Bertz CT molecular complexity index is 903. The highest BCUT2D eigenvalue weighted by Gasteiger charge is 2.35. The number of fused-ring (bicyclic) bond motifs is 1. The van der Waals surface area contributed by atoms with Gasteiger partial charge in [0.1, 0.15) is 5.76 Å². The van der Waals surface area contributed by atoms with Gasteiger partial charge in [0.2, 0.25) is 0 Å². The number of likely N-dealkylation sites (N-methyl/N-ethyl adjacent to an activating group) is 1. The molecule has 1 aliphatic rings. The third-order valence-electron chi connectivity index (χ3n) is 5.55. The van der Waals surface area contributed by atoms with Gasteiger partial charge in [-0.15, -0.1) is 0 Å². The van der Waals surface area contributed by atoms with Crippen molar-refractivity contribution >= 4 is 17.7 Å². The number of carbonyl (C=O) groups excluding carboxylic acids is 3. The monoisotopic (exact) mass is 411 g/mol. The minimum atomic E-state index is -0.324. The molecule has 1 N–H and O–H groups in total. The number of nitrogens with one attached hydrogen (secondary N) is 1. The van der Waals surface area contributed by atoms with E-state index in [1.54, 1.807) is 18.4 Å². The van der Waals surface area contributed by atoms with Crippen molar-refractivity contribution < 1.29 is 18.8 Å². The summed E-state index contributed by atoms with van der Waals surface area (Å²) in [5, 5.41) is 2.95. The number of unbranched alkanes of at least 4 members (excludes halogenated alkanes) is 1. The lowest BCUT2D eigenvalue weighted by molar-refractivity contribution is 0.0652. The summed E-state index contributed by atoms with van der Waals surface area (Å²) in [6, 6.07) is 8.35. The van der Waals surface area contributed by atoms with Gasteiger partial charge < -0.3 is 9.73 Å². The van der Waals surface area contributed by atoms with Crippen molar-refractivity contribution in [1.29, 1.82) is 0 Å². The van der Waals surface area contributed by atoms with Crippen LogP contribution in [0, 0.1) is 0 Å². The van der Waals surface area contributed by atoms with E-state index < -0.39 is 0 Å². The Balaban J connectivity index is 1.73. The second-order valence-corrected chi connectivity index (χ2v) is 7.34. The molecule has 2 aromatic rings. The second kappa shape index (κ2) is 9.71. The quantitative estimate of drug-likeness (QED) is 0.605. The maximum atomic E-state index is 12.8. The molecule has 7 heteroatoms. The van der Waals surface area contributed by atoms with Crippen LogP contribution in [0.5, 0.6) is 0 Å². The lowest BCUT2D eigenvalue weighted by Crippen LogP contribution is -2.38. The number of rotatable bonds is 10. The highest BCUT2D eigenvalue weighted by atomic mass is 16.3. The smallest absolute Gasteiger partial charge is 0.261 e. The first-order valence-electron chi connectivity index (χ1n) is 10.6. The highest BCUT2D eigenvalue weighted by Crippen LogP contribution is 2.25. The van der Waals surface area contributed by atoms with Crippen molar-refractivity contribution in [2.24, 2.45) is 0 Å². The molecule has 3 amide bonds. The molecular weight excluding hydrogens is 382 g/mol. The molecule has 1 unspecified atom stereocenters. The summed E-state index contributed by atoms with van der Waals surface area (Å²) in [4.78, 5) is 41.4. The van der Waals surface area contributed by atoms with E-state index in [0.29, 0.717) is 29.8 Å². The van der Waals surface area contributed by atoms with Crippen molar-refractivity contribution in [3.63, 3.8) is 0 Å². The number of hydrogen-bond donors (Lipinski definition) is 1. The van der Waals surface area contributed by atoms with E-state index in [1.165, 1.54) is 11.0 Å². The Morgan fingerprint density at radius 2 is 1.83 bits per heavy atom. The van der Waals surface area contributed by atoms with Gasteiger partial charge in [-0.05, 0) is 49.8 Å². The van der Waals surface area contributed by atoms with E-state index in [9.17, 15) is 14.4 Å². The van der Waals surface area contributed by atoms with Gasteiger partial charge in [-0.1, -0.05) is 27.2 Å². The van der Waals surface area contributed by atoms with Crippen LogP contribution in [-0.2, 0) is 0 Å². The molecule has 160 valence electrons. The van der Waals surface area contributed by atoms with Gasteiger partial charge in [0.15, 0.2) is 0 Å². The first kappa shape index (κ1) is 21.8. The number of imide groups is 1. The van der Waals surface area contributed by atoms with Crippen molar-refractivity contribution in [2.45, 2.75) is 39.7 Å². The molecule has 0 saturated carbocycles. The summed E-state index contributed by atoms with van der Waals surface area (Å²) < 4.78 is 5.57. The topological polar surface area (TPSA) is 82.9 Å². The molecule has 1 aromatic carbocycles. The molecule has 1 aliphatic heterocycles. The number of hydrogen-bond acceptors (Lipinski definition) is 5. The zero-order valence-corrected chi connectivity index (χ0v) is 17.8. The molecule has 1 aromatic heterocycles. The molecule has 0 radical (unpaired) electrons. The normalized spacial score (nSPS) is 14.3. The Hall–Kier alpha value is -2.93. The fourth-order valence-electron chi connectivity index (χ4n) is 3.80. The van der Waals surface area contributed by atoms with Crippen molar-refractivity contribution in [1.82, 2.24) is 15.1 Å². The minimum absolute atomic E-state index is 0.0823. The number of benzene rings is 1. The van der Waals surface area contributed by atoms with Crippen molar-refractivity contribution in [2.75, 3.05) is 26.2 Å². The van der Waals surface area contributed by atoms with Crippen molar-refractivity contribution in [3.8, 4) is 0 Å². The Morgan fingerprint density at radius 1 is 1.10 bits per heavy atom. The van der Waals surface area contributed by atoms with Crippen LogP contribution in [0.25, 0.3) is 0 Å². The largest absolute Gasteiger partial charge is 0.468 e. The summed E-state index contributed by atoms with van der Waals surface area (Å²) in [5.41, 5.74) is 1.03.